The fourth-order valence-electron chi connectivity index (χ4n) is 4.27. The molecular weight excluding hydrogens is 426 g/mol. The Morgan fingerprint density at radius 2 is 1.91 bits per heavy atom. The molecule has 7 nitrogen and oxygen atoms in total. The normalized spacial score (nSPS) is 15.7. The van der Waals surface area contributed by atoms with Crippen molar-refractivity contribution in [3.05, 3.63) is 53.7 Å². The molecular formula is C24H29N3O4S. The van der Waals surface area contributed by atoms with E-state index in [1.165, 1.54) is 4.31 Å². The van der Waals surface area contributed by atoms with Crippen LogP contribution in [0.2, 0.25) is 0 Å². The van der Waals surface area contributed by atoms with Crippen LogP contribution in [0.4, 0.5) is 5.69 Å². The zero-order valence-corrected chi connectivity index (χ0v) is 19.5. The molecule has 1 unspecified atom stereocenters. The number of H-pyrrole nitrogens is 1. The predicted molar refractivity (Wildman–Crippen MR) is 126 cm³/mol. The number of nitrogens with one attached hydrogen (secondary N) is 2. The van der Waals surface area contributed by atoms with Crippen LogP contribution in [0.5, 0.6) is 5.75 Å². The van der Waals surface area contributed by atoms with Crippen LogP contribution in [0.3, 0.4) is 0 Å². The molecule has 0 bridgehead atoms. The third-order valence-corrected chi connectivity index (χ3v) is 7.76. The zero-order valence-electron chi connectivity index (χ0n) is 18.6. The summed E-state index contributed by atoms with van der Waals surface area (Å²) in [5.74, 6) is 0.272. The summed E-state index contributed by atoms with van der Waals surface area (Å²) in [5, 5.41) is 4.07. The Hall–Kier alpha value is -2.84. The number of nitrogens with zero attached hydrogens (tertiary/aromatic N) is 1. The first-order valence-electron chi connectivity index (χ1n) is 11.0. The Kier molecular flexibility index (Phi) is 6.26. The number of aromatic nitrogens is 1. The molecule has 0 spiro atoms. The molecule has 0 aliphatic carbocycles. The molecule has 32 heavy (non-hydrogen) atoms. The van der Waals surface area contributed by atoms with Gasteiger partial charge >= 0.3 is 0 Å². The van der Waals surface area contributed by atoms with Crippen LogP contribution >= 0.6 is 0 Å². The van der Waals surface area contributed by atoms with Crippen LogP contribution in [0.1, 0.15) is 42.7 Å². The number of aryl methyl sites for hydroxylation is 1. The number of para-hydroxylation sites is 1. The molecule has 1 atom stereocenters. The van der Waals surface area contributed by atoms with Crippen molar-refractivity contribution in [2.45, 2.75) is 44.6 Å². The lowest BCUT2D eigenvalue weighted by molar-refractivity contribution is 0.0976. The fourth-order valence-corrected chi connectivity index (χ4v) is 5.94. The van der Waals surface area contributed by atoms with E-state index >= 15 is 0 Å². The highest BCUT2D eigenvalue weighted by Crippen LogP contribution is 2.32. The minimum absolute atomic E-state index is 0.0576. The van der Waals surface area contributed by atoms with Gasteiger partial charge in [0.2, 0.25) is 10.0 Å². The lowest BCUT2D eigenvalue weighted by Crippen LogP contribution is -2.29. The maximum Gasteiger partial charge on any atom is 0.246 e. The zero-order chi connectivity index (χ0) is 22.9. The van der Waals surface area contributed by atoms with Crippen molar-refractivity contribution in [2.75, 3.05) is 25.0 Å². The Bertz CT molecular complexity index is 1240. The van der Waals surface area contributed by atoms with Crippen LogP contribution in [-0.4, -0.2) is 49.2 Å². The number of sulfonamides is 1. The number of aromatic amines is 1. The van der Waals surface area contributed by atoms with Gasteiger partial charge in [0.15, 0.2) is 5.78 Å². The number of rotatable bonds is 8. The summed E-state index contributed by atoms with van der Waals surface area (Å²) in [4.78, 5) is 16.7. The highest BCUT2D eigenvalue weighted by atomic mass is 32.2. The van der Waals surface area contributed by atoms with Gasteiger partial charge in [-0.1, -0.05) is 18.2 Å². The molecule has 0 amide bonds. The van der Waals surface area contributed by atoms with E-state index in [2.05, 4.69) is 10.3 Å². The number of benzene rings is 2. The monoisotopic (exact) mass is 455 g/mol. The second-order valence-corrected chi connectivity index (χ2v) is 10.0. The van der Waals surface area contributed by atoms with Crippen molar-refractivity contribution in [1.29, 1.82) is 0 Å². The van der Waals surface area contributed by atoms with Gasteiger partial charge < -0.3 is 15.0 Å². The highest BCUT2D eigenvalue weighted by Gasteiger charge is 2.31. The first-order chi connectivity index (χ1) is 15.3. The lowest BCUT2D eigenvalue weighted by atomic mass is 10.0. The maximum absolute atomic E-state index is 13.3. The van der Waals surface area contributed by atoms with Gasteiger partial charge in [0.25, 0.3) is 0 Å². The summed E-state index contributed by atoms with van der Waals surface area (Å²) in [7, 11) is -3.67. The maximum atomic E-state index is 13.3. The van der Waals surface area contributed by atoms with Gasteiger partial charge in [0, 0.05) is 40.9 Å². The standard InChI is InChI=1S/C24H29N3O4S/c1-4-31-21-12-11-18(15-22(21)32(29,30)27-13-7-8-14-27)25-17(3)24(28)23-16(2)26-20-10-6-5-9-19(20)23/h5-6,9-12,15,17,25-26H,4,7-8,13-14H2,1-3H3. The first kappa shape index (κ1) is 22.4. The summed E-state index contributed by atoms with van der Waals surface area (Å²) in [6.07, 6.45) is 1.72. The summed E-state index contributed by atoms with van der Waals surface area (Å²) >= 11 is 0. The van der Waals surface area contributed by atoms with E-state index < -0.39 is 16.1 Å². The quantitative estimate of drug-likeness (QED) is 0.493. The summed E-state index contributed by atoms with van der Waals surface area (Å²) in [6, 6.07) is 12.1. The lowest BCUT2D eigenvalue weighted by Gasteiger charge is -2.20. The molecule has 1 aliphatic rings. The molecule has 4 rings (SSSR count). The number of Topliss-reactive ketones (excluding diaryl/α,β-unsaturated/α-hetero) is 1. The molecule has 1 aliphatic heterocycles. The second kappa shape index (κ2) is 8.96. The van der Waals surface area contributed by atoms with Crippen molar-refractivity contribution in [3.63, 3.8) is 0 Å². The molecule has 8 heteroatoms. The number of hydrogen-bond donors (Lipinski definition) is 2. The number of ketones is 1. The number of anilines is 1. The van der Waals surface area contributed by atoms with Gasteiger partial charge in [-0.2, -0.15) is 4.31 Å². The van der Waals surface area contributed by atoms with Gasteiger partial charge in [-0.05, 0) is 57.9 Å². The van der Waals surface area contributed by atoms with Gasteiger partial charge in [-0.3, -0.25) is 4.79 Å². The molecule has 170 valence electrons. The average Bonchev–Trinajstić information content (AvgIpc) is 3.42. The van der Waals surface area contributed by atoms with Crippen molar-refractivity contribution >= 4 is 32.4 Å². The molecule has 1 aromatic heterocycles. The number of ether oxygens (including phenoxy) is 1. The Labute approximate surface area is 188 Å². The Balaban J connectivity index is 1.64. The minimum atomic E-state index is -3.67. The average molecular weight is 456 g/mol. The number of carbonyl (C=O) groups is 1. The summed E-state index contributed by atoms with van der Waals surface area (Å²) < 4.78 is 33.6. The second-order valence-electron chi connectivity index (χ2n) is 8.11. The first-order valence-corrected chi connectivity index (χ1v) is 12.4. The van der Waals surface area contributed by atoms with Crippen LogP contribution in [0, 0.1) is 6.92 Å². The van der Waals surface area contributed by atoms with Gasteiger partial charge in [0.05, 0.1) is 12.6 Å². The number of fused-ring (bicyclic) bond motifs is 1. The molecule has 2 aromatic carbocycles. The Morgan fingerprint density at radius 1 is 1.19 bits per heavy atom. The third kappa shape index (κ3) is 4.12. The van der Waals surface area contributed by atoms with Crippen molar-refractivity contribution < 1.29 is 17.9 Å². The van der Waals surface area contributed by atoms with E-state index in [1.54, 1.807) is 25.1 Å². The molecule has 3 aromatic rings. The largest absolute Gasteiger partial charge is 0.492 e. The number of hydrogen-bond acceptors (Lipinski definition) is 5. The van der Waals surface area contributed by atoms with Crippen LogP contribution in [-0.2, 0) is 10.0 Å². The minimum Gasteiger partial charge on any atom is -0.492 e. The molecule has 1 saturated heterocycles. The van der Waals surface area contributed by atoms with Crippen LogP contribution in [0.25, 0.3) is 10.9 Å². The van der Waals surface area contributed by atoms with Crippen molar-refractivity contribution in [2.24, 2.45) is 0 Å². The van der Waals surface area contributed by atoms with E-state index in [0.29, 0.717) is 36.7 Å². The van der Waals surface area contributed by atoms with Crippen molar-refractivity contribution in [1.82, 2.24) is 9.29 Å². The third-order valence-electron chi connectivity index (χ3n) is 5.84. The van der Waals surface area contributed by atoms with E-state index in [1.807, 2.05) is 38.1 Å². The van der Waals surface area contributed by atoms with E-state index in [4.69, 9.17) is 4.74 Å². The van der Waals surface area contributed by atoms with Crippen molar-refractivity contribution in [3.8, 4) is 5.75 Å². The van der Waals surface area contributed by atoms with Gasteiger partial charge in [-0.25, -0.2) is 8.42 Å². The number of carbonyl (C=O) groups excluding carboxylic acids is 1. The highest BCUT2D eigenvalue weighted by molar-refractivity contribution is 7.89. The predicted octanol–water partition coefficient (Wildman–Crippen LogP) is 4.34. The van der Waals surface area contributed by atoms with Gasteiger partial charge in [0.1, 0.15) is 10.6 Å². The van der Waals surface area contributed by atoms with Crippen LogP contribution in [0.15, 0.2) is 47.4 Å². The summed E-state index contributed by atoms with van der Waals surface area (Å²) in [5.41, 5.74) is 2.94. The molecule has 2 heterocycles. The molecule has 2 N–H and O–H groups in total. The van der Waals surface area contributed by atoms with Crippen LogP contribution < -0.4 is 10.1 Å². The molecule has 0 radical (unpaired) electrons. The van der Waals surface area contributed by atoms with E-state index in [-0.39, 0.29) is 10.7 Å². The Morgan fingerprint density at radius 3 is 2.62 bits per heavy atom. The fraction of sp³-hybridized carbons (Fsp3) is 0.375. The molecule has 0 saturated carbocycles. The molecule has 1 fully saturated rings. The smallest absolute Gasteiger partial charge is 0.246 e. The van der Waals surface area contributed by atoms with Gasteiger partial charge in [-0.15, -0.1) is 0 Å². The summed E-state index contributed by atoms with van der Waals surface area (Å²) in [6.45, 7) is 6.89. The van der Waals surface area contributed by atoms with E-state index in [0.717, 1.165) is 29.4 Å². The topological polar surface area (TPSA) is 91.5 Å². The SMILES string of the molecule is CCOc1ccc(NC(C)C(=O)c2c(C)[nH]c3ccccc23)cc1S(=O)(=O)N1CCCC1. The van der Waals surface area contributed by atoms with E-state index in [9.17, 15) is 13.2 Å².